The summed E-state index contributed by atoms with van der Waals surface area (Å²) in [7, 11) is 0. The maximum atomic E-state index is 12.8. The van der Waals surface area contributed by atoms with Crippen LogP contribution in [-0.2, 0) is 12.8 Å². The molecule has 5 nitrogen and oxygen atoms in total. The Morgan fingerprint density at radius 2 is 2.00 bits per heavy atom. The van der Waals surface area contributed by atoms with Crippen molar-refractivity contribution in [2.24, 2.45) is 0 Å². The minimum atomic E-state index is -0.617. The van der Waals surface area contributed by atoms with Crippen LogP contribution in [0.3, 0.4) is 0 Å². The number of nitrogens with zero attached hydrogens (tertiary/aromatic N) is 1. The van der Waals surface area contributed by atoms with Crippen LogP contribution in [0.2, 0.25) is 0 Å². The Bertz CT molecular complexity index is 844. The number of pyridine rings is 1. The van der Waals surface area contributed by atoms with Crippen molar-refractivity contribution in [3.8, 4) is 0 Å². The molecule has 0 radical (unpaired) electrons. The van der Waals surface area contributed by atoms with E-state index in [1.165, 1.54) is 0 Å². The van der Waals surface area contributed by atoms with Gasteiger partial charge in [0, 0.05) is 24.7 Å². The fourth-order valence-electron chi connectivity index (χ4n) is 4.05. The second-order valence-corrected chi connectivity index (χ2v) is 6.99. The van der Waals surface area contributed by atoms with Crippen molar-refractivity contribution < 1.29 is 9.90 Å². The number of H-pyrrole nitrogens is 1. The average molecular weight is 338 g/mol. The Balaban J connectivity index is 1.52. The molecule has 2 aliphatic rings. The number of fused-ring (bicyclic) bond motifs is 1. The first-order valence-electron chi connectivity index (χ1n) is 8.91. The number of aliphatic hydroxyl groups is 1. The van der Waals surface area contributed by atoms with Gasteiger partial charge in [0.15, 0.2) is 0 Å². The number of aliphatic hydroxyl groups excluding tert-OH is 1. The molecule has 1 aliphatic heterocycles. The summed E-state index contributed by atoms with van der Waals surface area (Å²) >= 11 is 0. The number of carbonyl (C=O) groups excluding carboxylic acids is 1. The van der Waals surface area contributed by atoms with Gasteiger partial charge < -0.3 is 15.0 Å². The van der Waals surface area contributed by atoms with E-state index < -0.39 is 6.10 Å². The van der Waals surface area contributed by atoms with Crippen LogP contribution in [0.25, 0.3) is 0 Å². The van der Waals surface area contributed by atoms with Gasteiger partial charge in [-0.1, -0.05) is 30.3 Å². The fourth-order valence-corrected chi connectivity index (χ4v) is 4.05. The molecule has 4 rings (SSSR count). The molecule has 0 spiro atoms. The van der Waals surface area contributed by atoms with E-state index in [0.29, 0.717) is 13.0 Å². The molecular weight excluding hydrogens is 316 g/mol. The number of rotatable bonds is 2. The Labute approximate surface area is 146 Å². The molecule has 2 heterocycles. The van der Waals surface area contributed by atoms with Crippen molar-refractivity contribution >= 4 is 5.91 Å². The molecule has 5 heteroatoms. The van der Waals surface area contributed by atoms with E-state index in [1.807, 2.05) is 30.3 Å². The van der Waals surface area contributed by atoms with Crippen LogP contribution in [-0.4, -0.2) is 40.1 Å². The maximum absolute atomic E-state index is 12.8. The van der Waals surface area contributed by atoms with Crippen LogP contribution in [0.15, 0.2) is 41.2 Å². The van der Waals surface area contributed by atoms with Crippen molar-refractivity contribution in [1.82, 2.24) is 9.88 Å². The van der Waals surface area contributed by atoms with Gasteiger partial charge in [0.1, 0.15) is 5.56 Å². The smallest absolute Gasteiger partial charge is 0.261 e. The van der Waals surface area contributed by atoms with Gasteiger partial charge in [-0.15, -0.1) is 0 Å². The molecule has 1 aliphatic carbocycles. The predicted octanol–water partition coefficient (Wildman–Crippen LogP) is 1.85. The van der Waals surface area contributed by atoms with Crippen molar-refractivity contribution in [1.29, 1.82) is 0 Å². The highest BCUT2D eigenvalue weighted by Gasteiger charge is 2.32. The maximum Gasteiger partial charge on any atom is 0.261 e. The number of β-amino-alcohol motifs (C(OH)–C–C–N with tert-alkyl or cyclic N) is 1. The molecule has 2 N–H and O–H groups in total. The predicted molar refractivity (Wildman–Crippen MR) is 94.8 cm³/mol. The molecule has 1 fully saturated rings. The third-order valence-electron chi connectivity index (χ3n) is 5.42. The minimum Gasteiger partial charge on any atom is -0.391 e. The number of piperidine rings is 1. The topological polar surface area (TPSA) is 73.4 Å². The Morgan fingerprint density at radius 3 is 2.76 bits per heavy atom. The summed E-state index contributed by atoms with van der Waals surface area (Å²) in [6, 6.07) is 11.6. The zero-order valence-electron chi connectivity index (χ0n) is 14.1. The number of hydrogen-bond acceptors (Lipinski definition) is 3. The highest BCUT2D eigenvalue weighted by molar-refractivity contribution is 5.94. The average Bonchev–Trinajstić information content (AvgIpc) is 3.08. The van der Waals surface area contributed by atoms with Crippen molar-refractivity contribution in [2.45, 2.75) is 37.7 Å². The van der Waals surface area contributed by atoms with E-state index in [9.17, 15) is 14.7 Å². The summed E-state index contributed by atoms with van der Waals surface area (Å²) in [5.74, 6) is -0.245. The van der Waals surface area contributed by atoms with E-state index in [1.54, 1.807) is 11.0 Å². The molecule has 1 aromatic heterocycles. The van der Waals surface area contributed by atoms with E-state index in [-0.39, 0.29) is 29.5 Å². The van der Waals surface area contributed by atoms with Gasteiger partial charge in [-0.3, -0.25) is 9.59 Å². The first-order valence-corrected chi connectivity index (χ1v) is 8.91. The molecule has 0 unspecified atom stereocenters. The van der Waals surface area contributed by atoms with Crippen LogP contribution < -0.4 is 5.56 Å². The SMILES string of the molecule is O=C(c1cc2c([nH]c1=O)CCC2)N1CC[C@H](c2ccccc2)[C@H](O)C1. The van der Waals surface area contributed by atoms with Crippen LogP contribution in [0, 0.1) is 0 Å². The summed E-state index contributed by atoms with van der Waals surface area (Å²) in [5.41, 5.74) is 3.01. The second kappa shape index (κ2) is 6.48. The summed E-state index contributed by atoms with van der Waals surface area (Å²) in [4.78, 5) is 29.5. The van der Waals surface area contributed by atoms with E-state index in [2.05, 4.69) is 4.98 Å². The molecular formula is C20H22N2O3. The third-order valence-corrected chi connectivity index (χ3v) is 5.42. The van der Waals surface area contributed by atoms with Crippen LogP contribution >= 0.6 is 0 Å². The summed E-state index contributed by atoms with van der Waals surface area (Å²) in [6.45, 7) is 0.806. The van der Waals surface area contributed by atoms with Gasteiger partial charge in [-0.05, 0) is 42.9 Å². The van der Waals surface area contributed by atoms with Crippen molar-refractivity contribution in [3.63, 3.8) is 0 Å². The van der Waals surface area contributed by atoms with Crippen molar-refractivity contribution in [3.05, 3.63) is 69.1 Å². The number of hydrogen-bond donors (Lipinski definition) is 2. The number of nitrogens with one attached hydrogen (secondary N) is 1. The lowest BCUT2D eigenvalue weighted by Crippen LogP contribution is -2.47. The quantitative estimate of drug-likeness (QED) is 0.878. The van der Waals surface area contributed by atoms with Crippen LogP contribution in [0.1, 0.15) is 45.9 Å². The van der Waals surface area contributed by atoms with Gasteiger partial charge >= 0.3 is 0 Å². The van der Waals surface area contributed by atoms with Gasteiger partial charge in [0.25, 0.3) is 11.5 Å². The molecule has 0 saturated carbocycles. The molecule has 2 atom stereocenters. The number of aryl methyl sites for hydroxylation is 2. The first kappa shape index (κ1) is 16.1. The molecule has 130 valence electrons. The largest absolute Gasteiger partial charge is 0.391 e. The standard InChI is InChI=1S/C20H22N2O3/c23-18-12-22(10-9-15(18)13-5-2-1-3-6-13)20(25)16-11-14-7-4-8-17(14)21-19(16)24/h1-3,5-6,11,15,18,23H,4,7-10,12H2,(H,21,24)/t15-,18-/m1/s1. The van der Waals surface area contributed by atoms with Gasteiger partial charge in [0.2, 0.25) is 0 Å². The summed E-state index contributed by atoms with van der Waals surface area (Å²) in [6.07, 6.45) is 2.88. The molecule has 2 aromatic rings. The number of likely N-dealkylation sites (tertiary alicyclic amines) is 1. The number of aromatic amines is 1. The Kier molecular flexibility index (Phi) is 4.17. The zero-order valence-corrected chi connectivity index (χ0v) is 14.1. The molecule has 1 saturated heterocycles. The minimum absolute atomic E-state index is 0.0311. The first-order chi connectivity index (χ1) is 12.1. The monoisotopic (exact) mass is 338 g/mol. The molecule has 25 heavy (non-hydrogen) atoms. The summed E-state index contributed by atoms with van der Waals surface area (Å²) < 4.78 is 0. The van der Waals surface area contributed by atoms with Gasteiger partial charge in [-0.2, -0.15) is 0 Å². The second-order valence-electron chi connectivity index (χ2n) is 6.99. The van der Waals surface area contributed by atoms with Gasteiger partial charge in [-0.25, -0.2) is 0 Å². The zero-order chi connectivity index (χ0) is 17.4. The number of amides is 1. The lowest BCUT2D eigenvalue weighted by molar-refractivity contribution is 0.0380. The van der Waals surface area contributed by atoms with Crippen LogP contribution in [0.4, 0.5) is 0 Å². The lowest BCUT2D eigenvalue weighted by atomic mass is 9.87. The van der Waals surface area contributed by atoms with Crippen molar-refractivity contribution in [2.75, 3.05) is 13.1 Å². The fraction of sp³-hybridized carbons (Fsp3) is 0.400. The number of carbonyl (C=O) groups is 1. The normalized spacial score (nSPS) is 22.7. The number of benzene rings is 1. The highest BCUT2D eigenvalue weighted by Crippen LogP contribution is 2.29. The third kappa shape index (κ3) is 3.00. The van der Waals surface area contributed by atoms with Gasteiger partial charge in [0.05, 0.1) is 6.10 Å². The number of aromatic nitrogens is 1. The Hall–Kier alpha value is -2.40. The lowest BCUT2D eigenvalue weighted by Gasteiger charge is -2.36. The molecule has 1 amide bonds. The highest BCUT2D eigenvalue weighted by atomic mass is 16.3. The van der Waals surface area contributed by atoms with E-state index in [0.717, 1.165) is 36.1 Å². The molecule has 0 bridgehead atoms. The van der Waals surface area contributed by atoms with E-state index in [4.69, 9.17) is 0 Å². The Morgan fingerprint density at radius 1 is 1.20 bits per heavy atom. The summed E-state index contributed by atoms with van der Waals surface area (Å²) in [5, 5.41) is 10.5. The van der Waals surface area contributed by atoms with Crippen LogP contribution in [0.5, 0.6) is 0 Å². The molecule has 1 aromatic carbocycles. The van der Waals surface area contributed by atoms with E-state index >= 15 is 0 Å².